The van der Waals surface area contributed by atoms with E-state index < -0.39 is 0 Å². The second-order valence-corrected chi connectivity index (χ2v) is 5.83. The topological polar surface area (TPSA) is 21.1 Å². The Morgan fingerprint density at radius 3 is 2.79 bits per heavy atom. The molecule has 0 saturated carbocycles. The zero-order valence-corrected chi connectivity index (χ0v) is 12.6. The van der Waals surface area contributed by atoms with Crippen LogP contribution in [0.25, 0.3) is 0 Å². The monoisotopic (exact) mass is 417 g/mol. The lowest BCUT2D eigenvalue weighted by atomic mass is 10.1. The van der Waals surface area contributed by atoms with Crippen LogP contribution >= 0.6 is 45.5 Å². The highest BCUT2D eigenvalue weighted by atomic mass is 127. The van der Waals surface area contributed by atoms with E-state index in [9.17, 15) is 0 Å². The van der Waals surface area contributed by atoms with Gasteiger partial charge in [0.2, 0.25) is 0 Å². The third kappa shape index (κ3) is 1.95. The van der Waals surface area contributed by atoms with Crippen LogP contribution in [0.3, 0.4) is 0 Å². The third-order valence-corrected chi connectivity index (χ3v) is 4.39. The molecule has 0 unspecified atom stereocenters. The molecule has 2 heterocycles. The molecule has 14 heavy (non-hydrogen) atoms. The van der Waals surface area contributed by atoms with E-state index >= 15 is 0 Å². The van der Waals surface area contributed by atoms with E-state index in [4.69, 9.17) is 0 Å². The Morgan fingerprint density at radius 1 is 1.43 bits per heavy atom. The van der Waals surface area contributed by atoms with E-state index in [1.54, 1.807) is 0 Å². The Balaban J connectivity index is 2.30. The van der Waals surface area contributed by atoms with Gasteiger partial charge in [-0.25, -0.2) is 2.90 Å². The standard InChI is InChI=1S/C9H13I2N3/c1-6(2)13-4-3-8-7(5-13)9(10)12-14(8)11/h6H,3-5H2,1-2H3. The second-order valence-electron chi connectivity index (χ2n) is 3.89. The van der Waals surface area contributed by atoms with E-state index in [-0.39, 0.29) is 0 Å². The molecule has 0 radical (unpaired) electrons. The molecule has 0 spiro atoms. The number of halogens is 2. The molecule has 1 aromatic rings. The summed E-state index contributed by atoms with van der Waals surface area (Å²) in [6.45, 7) is 6.74. The van der Waals surface area contributed by atoms with Crippen molar-refractivity contribution < 1.29 is 0 Å². The van der Waals surface area contributed by atoms with Crippen molar-refractivity contribution in [2.75, 3.05) is 6.54 Å². The van der Waals surface area contributed by atoms with Crippen molar-refractivity contribution in [3.63, 3.8) is 0 Å². The highest BCUT2D eigenvalue weighted by molar-refractivity contribution is 14.1. The minimum absolute atomic E-state index is 0.636. The number of hydrogen-bond acceptors (Lipinski definition) is 2. The lowest BCUT2D eigenvalue weighted by Crippen LogP contribution is -2.36. The molecule has 1 aliphatic rings. The van der Waals surface area contributed by atoms with Crippen molar-refractivity contribution in [1.29, 1.82) is 0 Å². The van der Waals surface area contributed by atoms with Crippen molar-refractivity contribution in [3.05, 3.63) is 15.0 Å². The van der Waals surface area contributed by atoms with E-state index in [1.165, 1.54) is 11.3 Å². The van der Waals surface area contributed by atoms with Gasteiger partial charge in [-0.05, 0) is 36.4 Å². The lowest BCUT2D eigenvalue weighted by molar-refractivity contribution is 0.202. The first-order valence-corrected chi connectivity index (χ1v) is 6.80. The van der Waals surface area contributed by atoms with Crippen molar-refractivity contribution in [3.8, 4) is 0 Å². The van der Waals surface area contributed by atoms with Gasteiger partial charge in [-0.3, -0.25) is 4.90 Å². The number of aromatic nitrogens is 2. The Hall–Kier alpha value is 0.630. The van der Waals surface area contributed by atoms with Crippen LogP contribution in [0, 0.1) is 3.70 Å². The van der Waals surface area contributed by atoms with Gasteiger partial charge in [-0.2, -0.15) is 5.10 Å². The summed E-state index contributed by atoms with van der Waals surface area (Å²) in [5, 5.41) is 4.45. The fourth-order valence-corrected chi connectivity index (χ4v) is 3.66. The van der Waals surface area contributed by atoms with Gasteiger partial charge in [0, 0.05) is 31.1 Å². The van der Waals surface area contributed by atoms with Gasteiger partial charge in [-0.15, -0.1) is 0 Å². The van der Waals surface area contributed by atoms with Gasteiger partial charge in [0.15, 0.2) is 0 Å². The van der Waals surface area contributed by atoms with Crippen LogP contribution in [-0.4, -0.2) is 25.5 Å². The predicted molar refractivity (Wildman–Crippen MR) is 73.6 cm³/mol. The Morgan fingerprint density at radius 2 is 2.14 bits per heavy atom. The lowest BCUT2D eigenvalue weighted by Gasteiger charge is -2.30. The van der Waals surface area contributed by atoms with Gasteiger partial charge in [0.05, 0.1) is 28.6 Å². The molecule has 0 fully saturated rings. The molecule has 2 rings (SSSR count). The summed E-state index contributed by atoms with van der Waals surface area (Å²) in [6.07, 6.45) is 1.13. The van der Waals surface area contributed by atoms with Gasteiger partial charge in [0.1, 0.15) is 3.70 Å². The fraction of sp³-hybridized carbons (Fsp3) is 0.667. The fourth-order valence-electron chi connectivity index (χ4n) is 1.80. The summed E-state index contributed by atoms with van der Waals surface area (Å²) < 4.78 is 3.17. The molecule has 78 valence electrons. The van der Waals surface area contributed by atoms with Crippen LogP contribution in [0.1, 0.15) is 25.1 Å². The Labute approximate surface area is 112 Å². The average molecular weight is 417 g/mol. The average Bonchev–Trinajstić information content (AvgIpc) is 2.42. The maximum atomic E-state index is 4.45. The first-order chi connectivity index (χ1) is 6.59. The summed E-state index contributed by atoms with van der Waals surface area (Å²) in [5.41, 5.74) is 2.84. The molecule has 1 aliphatic heterocycles. The molecule has 0 atom stereocenters. The third-order valence-electron chi connectivity index (χ3n) is 2.72. The van der Waals surface area contributed by atoms with Crippen LogP contribution in [0.4, 0.5) is 0 Å². The minimum atomic E-state index is 0.636. The van der Waals surface area contributed by atoms with Crippen molar-refractivity contribution in [1.82, 2.24) is 12.9 Å². The van der Waals surface area contributed by atoms with Crippen LogP contribution in [0.15, 0.2) is 0 Å². The Kier molecular flexibility index (Phi) is 3.37. The first-order valence-electron chi connectivity index (χ1n) is 4.76. The van der Waals surface area contributed by atoms with Crippen LogP contribution in [0.5, 0.6) is 0 Å². The minimum Gasteiger partial charge on any atom is -0.296 e. The SMILES string of the molecule is CC(C)N1CCc2c(c(I)nn2I)C1. The zero-order valence-electron chi connectivity index (χ0n) is 8.30. The van der Waals surface area contributed by atoms with E-state index in [1.807, 2.05) is 2.90 Å². The van der Waals surface area contributed by atoms with Gasteiger partial charge in [0.25, 0.3) is 0 Å². The first kappa shape index (κ1) is 11.1. The summed E-state index contributed by atoms with van der Waals surface area (Å²) >= 11 is 4.60. The zero-order chi connectivity index (χ0) is 10.3. The predicted octanol–water partition coefficient (Wildman–Crippen LogP) is 2.45. The molecule has 1 aromatic heterocycles. The second kappa shape index (κ2) is 4.25. The smallest absolute Gasteiger partial charge is 0.129 e. The molecule has 0 N–H and O–H groups in total. The van der Waals surface area contributed by atoms with Crippen molar-refractivity contribution in [2.45, 2.75) is 32.9 Å². The maximum Gasteiger partial charge on any atom is 0.129 e. The maximum absolute atomic E-state index is 4.45. The summed E-state index contributed by atoms with van der Waals surface area (Å²) in [7, 11) is 0. The van der Waals surface area contributed by atoms with Crippen LogP contribution < -0.4 is 0 Å². The molecule has 5 heteroatoms. The quantitative estimate of drug-likeness (QED) is 0.656. The van der Waals surface area contributed by atoms with Crippen molar-refractivity contribution >= 4 is 45.5 Å². The van der Waals surface area contributed by atoms with E-state index in [0.717, 1.165) is 23.2 Å². The number of fused-ring (bicyclic) bond motifs is 1. The van der Waals surface area contributed by atoms with Gasteiger partial charge < -0.3 is 0 Å². The van der Waals surface area contributed by atoms with E-state index in [2.05, 4.69) is 69.3 Å². The number of hydrogen-bond donors (Lipinski definition) is 0. The molecule has 0 amide bonds. The summed E-state index contributed by atoms with van der Waals surface area (Å²) in [6, 6.07) is 0.636. The molecular weight excluding hydrogens is 404 g/mol. The van der Waals surface area contributed by atoms with Crippen molar-refractivity contribution in [2.24, 2.45) is 0 Å². The highest BCUT2D eigenvalue weighted by Crippen LogP contribution is 2.25. The molecular formula is C9H13I2N3. The largest absolute Gasteiger partial charge is 0.296 e. The molecule has 3 nitrogen and oxygen atoms in total. The normalized spacial score (nSPS) is 17.5. The Bertz CT molecular complexity index is 346. The number of rotatable bonds is 1. The number of nitrogens with zero attached hydrogens (tertiary/aromatic N) is 3. The molecule has 0 bridgehead atoms. The highest BCUT2D eigenvalue weighted by Gasteiger charge is 2.24. The summed E-state index contributed by atoms with van der Waals surface area (Å²) in [5.74, 6) is 0. The molecule has 0 aliphatic carbocycles. The summed E-state index contributed by atoms with van der Waals surface area (Å²) in [4.78, 5) is 2.50. The van der Waals surface area contributed by atoms with E-state index in [0.29, 0.717) is 6.04 Å². The molecule has 0 saturated heterocycles. The molecule has 0 aromatic carbocycles. The van der Waals surface area contributed by atoms with Gasteiger partial charge in [-0.1, -0.05) is 0 Å². The van der Waals surface area contributed by atoms with Gasteiger partial charge >= 0.3 is 0 Å². The van der Waals surface area contributed by atoms with Crippen LogP contribution in [0.2, 0.25) is 0 Å². The van der Waals surface area contributed by atoms with Crippen LogP contribution in [-0.2, 0) is 13.0 Å².